The Morgan fingerprint density at radius 3 is 2.50 bits per heavy atom. The second kappa shape index (κ2) is 6.28. The summed E-state index contributed by atoms with van der Waals surface area (Å²) >= 11 is 6.46. The highest BCUT2D eigenvalue weighted by atomic mass is 35.5. The summed E-state index contributed by atoms with van der Waals surface area (Å²) < 4.78 is 43.1. The SMILES string of the molecule is COc1nc2ccccc2c(Cl)c1Cc1ccc(C(F)(F)F)nc1. The number of hydrogen-bond acceptors (Lipinski definition) is 3. The molecule has 0 aliphatic carbocycles. The number of fused-ring (bicyclic) bond motifs is 1. The zero-order valence-corrected chi connectivity index (χ0v) is 13.3. The Bertz CT molecular complexity index is 879. The highest BCUT2D eigenvalue weighted by molar-refractivity contribution is 6.36. The van der Waals surface area contributed by atoms with Crippen LogP contribution in [0.3, 0.4) is 0 Å². The third-order valence-electron chi connectivity index (χ3n) is 3.58. The summed E-state index contributed by atoms with van der Waals surface area (Å²) in [5.74, 6) is 0.346. The average Bonchev–Trinajstić information content (AvgIpc) is 2.57. The van der Waals surface area contributed by atoms with E-state index in [4.69, 9.17) is 16.3 Å². The zero-order chi connectivity index (χ0) is 17.3. The van der Waals surface area contributed by atoms with E-state index in [1.807, 2.05) is 24.3 Å². The van der Waals surface area contributed by atoms with Crippen molar-refractivity contribution in [1.82, 2.24) is 9.97 Å². The van der Waals surface area contributed by atoms with Crippen LogP contribution in [0.2, 0.25) is 5.02 Å². The first-order valence-corrected chi connectivity index (χ1v) is 7.41. The standard InChI is InChI=1S/C17H12ClF3N2O/c1-24-16-12(15(18)11-4-2-3-5-13(11)23-16)8-10-6-7-14(22-9-10)17(19,20)21/h2-7,9H,8H2,1H3. The Morgan fingerprint density at radius 1 is 1.12 bits per heavy atom. The van der Waals surface area contributed by atoms with Crippen LogP contribution in [0, 0.1) is 0 Å². The number of alkyl halides is 3. The number of aromatic nitrogens is 2. The van der Waals surface area contributed by atoms with E-state index in [-0.39, 0.29) is 6.42 Å². The van der Waals surface area contributed by atoms with Crippen molar-refractivity contribution >= 4 is 22.5 Å². The number of halogens is 4. The lowest BCUT2D eigenvalue weighted by atomic mass is 10.0. The first kappa shape index (κ1) is 16.5. The first-order chi connectivity index (χ1) is 11.4. The largest absolute Gasteiger partial charge is 0.481 e. The van der Waals surface area contributed by atoms with Gasteiger partial charge in [-0.15, -0.1) is 0 Å². The molecule has 0 unspecified atom stereocenters. The van der Waals surface area contributed by atoms with Gasteiger partial charge in [-0.25, -0.2) is 4.98 Å². The Kier molecular flexibility index (Phi) is 4.32. The van der Waals surface area contributed by atoms with Crippen LogP contribution < -0.4 is 4.74 Å². The van der Waals surface area contributed by atoms with Gasteiger partial charge in [-0.05, 0) is 17.7 Å². The molecule has 0 amide bonds. The average molecular weight is 353 g/mol. The quantitative estimate of drug-likeness (QED) is 0.672. The molecule has 0 aliphatic rings. The van der Waals surface area contributed by atoms with Gasteiger partial charge in [-0.3, -0.25) is 4.98 Å². The lowest BCUT2D eigenvalue weighted by Gasteiger charge is -2.13. The van der Waals surface area contributed by atoms with Crippen LogP contribution in [-0.2, 0) is 12.6 Å². The minimum atomic E-state index is -4.46. The molecule has 0 atom stereocenters. The van der Waals surface area contributed by atoms with Gasteiger partial charge in [0.15, 0.2) is 0 Å². The van der Waals surface area contributed by atoms with Crippen molar-refractivity contribution in [2.45, 2.75) is 12.6 Å². The van der Waals surface area contributed by atoms with Crippen LogP contribution in [-0.4, -0.2) is 17.1 Å². The molecule has 0 bridgehead atoms. The molecule has 7 heteroatoms. The highest BCUT2D eigenvalue weighted by Gasteiger charge is 2.32. The van der Waals surface area contributed by atoms with E-state index in [9.17, 15) is 13.2 Å². The number of para-hydroxylation sites is 1. The van der Waals surface area contributed by atoms with Crippen LogP contribution in [0.15, 0.2) is 42.6 Å². The van der Waals surface area contributed by atoms with Gasteiger partial charge in [0.25, 0.3) is 0 Å². The maximum absolute atomic E-state index is 12.6. The molecule has 1 aromatic carbocycles. The smallest absolute Gasteiger partial charge is 0.433 e. The van der Waals surface area contributed by atoms with Crippen molar-refractivity contribution in [2.75, 3.05) is 7.11 Å². The minimum Gasteiger partial charge on any atom is -0.481 e. The fourth-order valence-electron chi connectivity index (χ4n) is 2.41. The van der Waals surface area contributed by atoms with Gasteiger partial charge in [0.2, 0.25) is 5.88 Å². The van der Waals surface area contributed by atoms with Crippen LogP contribution in [0.1, 0.15) is 16.8 Å². The van der Waals surface area contributed by atoms with Gasteiger partial charge < -0.3 is 4.74 Å². The second-order valence-electron chi connectivity index (χ2n) is 5.16. The monoisotopic (exact) mass is 352 g/mol. The van der Waals surface area contributed by atoms with E-state index in [0.717, 1.165) is 11.5 Å². The first-order valence-electron chi connectivity index (χ1n) is 7.03. The fraction of sp³-hybridized carbons (Fsp3) is 0.176. The summed E-state index contributed by atoms with van der Waals surface area (Å²) in [6.45, 7) is 0. The normalized spacial score (nSPS) is 11.7. The third kappa shape index (κ3) is 3.14. The Labute approximate surface area is 141 Å². The number of rotatable bonds is 3. The molecule has 24 heavy (non-hydrogen) atoms. The number of hydrogen-bond donors (Lipinski definition) is 0. The predicted octanol–water partition coefficient (Wildman–Crippen LogP) is 4.90. The summed E-state index contributed by atoms with van der Waals surface area (Å²) in [6.07, 6.45) is -3.00. The predicted molar refractivity (Wildman–Crippen MR) is 85.4 cm³/mol. The van der Waals surface area contributed by atoms with Crippen LogP contribution >= 0.6 is 11.6 Å². The summed E-state index contributed by atoms with van der Waals surface area (Å²) in [5, 5.41) is 1.23. The molecule has 2 aromatic heterocycles. The van der Waals surface area contributed by atoms with E-state index in [1.165, 1.54) is 19.4 Å². The maximum Gasteiger partial charge on any atom is 0.433 e. The molecule has 3 nitrogen and oxygen atoms in total. The van der Waals surface area contributed by atoms with Crippen molar-refractivity contribution < 1.29 is 17.9 Å². The van der Waals surface area contributed by atoms with Gasteiger partial charge in [0, 0.05) is 23.6 Å². The molecule has 2 heterocycles. The minimum absolute atomic E-state index is 0.269. The Hall–Kier alpha value is -2.34. The summed E-state index contributed by atoms with van der Waals surface area (Å²) in [5.41, 5.74) is 0.953. The molecule has 0 fully saturated rings. The highest BCUT2D eigenvalue weighted by Crippen LogP contribution is 2.34. The van der Waals surface area contributed by atoms with E-state index >= 15 is 0 Å². The van der Waals surface area contributed by atoms with Gasteiger partial charge >= 0.3 is 6.18 Å². The molecule has 0 radical (unpaired) electrons. The second-order valence-corrected chi connectivity index (χ2v) is 5.53. The molecular formula is C17H12ClF3N2O. The summed E-state index contributed by atoms with van der Waals surface area (Å²) in [4.78, 5) is 7.86. The fourth-order valence-corrected chi connectivity index (χ4v) is 2.72. The van der Waals surface area contributed by atoms with E-state index in [1.54, 1.807) is 0 Å². The van der Waals surface area contributed by atoms with Crippen molar-refractivity contribution in [3.8, 4) is 5.88 Å². The lowest BCUT2D eigenvalue weighted by Crippen LogP contribution is -2.08. The number of benzene rings is 1. The van der Waals surface area contributed by atoms with Crippen molar-refractivity contribution in [2.24, 2.45) is 0 Å². The van der Waals surface area contributed by atoms with Gasteiger partial charge in [-0.2, -0.15) is 13.2 Å². The van der Waals surface area contributed by atoms with Gasteiger partial charge in [0.05, 0.1) is 17.6 Å². The Balaban J connectivity index is 2.02. The zero-order valence-electron chi connectivity index (χ0n) is 12.6. The number of nitrogens with zero attached hydrogens (tertiary/aromatic N) is 2. The topological polar surface area (TPSA) is 35.0 Å². The maximum atomic E-state index is 12.6. The van der Waals surface area contributed by atoms with Gasteiger partial charge in [-0.1, -0.05) is 35.9 Å². The van der Waals surface area contributed by atoms with Crippen LogP contribution in [0.25, 0.3) is 10.9 Å². The molecule has 3 rings (SSSR count). The van der Waals surface area contributed by atoms with Crippen LogP contribution in [0.5, 0.6) is 5.88 Å². The summed E-state index contributed by atoms with van der Waals surface area (Å²) in [6, 6.07) is 9.65. The molecule has 0 spiro atoms. The van der Waals surface area contributed by atoms with Crippen molar-refractivity contribution in [1.29, 1.82) is 0 Å². The molecule has 0 N–H and O–H groups in total. The molecule has 3 aromatic rings. The van der Waals surface area contributed by atoms with E-state index in [2.05, 4.69) is 9.97 Å². The molecular weight excluding hydrogens is 341 g/mol. The van der Waals surface area contributed by atoms with Crippen molar-refractivity contribution in [3.63, 3.8) is 0 Å². The lowest BCUT2D eigenvalue weighted by molar-refractivity contribution is -0.141. The molecule has 0 aliphatic heterocycles. The van der Waals surface area contributed by atoms with E-state index < -0.39 is 11.9 Å². The Morgan fingerprint density at radius 2 is 1.88 bits per heavy atom. The molecule has 124 valence electrons. The van der Waals surface area contributed by atoms with Crippen LogP contribution in [0.4, 0.5) is 13.2 Å². The van der Waals surface area contributed by atoms with E-state index in [0.29, 0.717) is 27.5 Å². The summed E-state index contributed by atoms with van der Waals surface area (Å²) in [7, 11) is 1.47. The molecule has 0 saturated carbocycles. The van der Waals surface area contributed by atoms with Gasteiger partial charge in [0.1, 0.15) is 5.69 Å². The third-order valence-corrected chi connectivity index (χ3v) is 4.01. The number of pyridine rings is 2. The van der Waals surface area contributed by atoms with Crippen molar-refractivity contribution in [3.05, 3.63) is 64.4 Å². The molecule has 0 saturated heterocycles. The number of ether oxygens (including phenoxy) is 1. The number of methoxy groups -OCH3 is 1.